The van der Waals surface area contributed by atoms with E-state index in [1.807, 2.05) is 41.8 Å². The third-order valence-corrected chi connectivity index (χ3v) is 3.77. The van der Waals surface area contributed by atoms with Crippen LogP contribution in [0.15, 0.2) is 41.8 Å². The van der Waals surface area contributed by atoms with E-state index in [1.54, 1.807) is 11.3 Å². The summed E-state index contributed by atoms with van der Waals surface area (Å²) in [4.78, 5) is 13.2. The van der Waals surface area contributed by atoms with Gasteiger partial charge in [0, 0.05) is 16.9 Å². The molecule has 0 spiro atoms. The molecule has 92 valence electrons. The summed E-state index contributed by atoms with van der Waals surface area (Å²) in [5.41, 5.74) is 0.738. The lowest BCUT2D eigenvalue weighted by atomic mass is 10.1. The van der Waals surface area contributed by atoms with Crippen molar-refractivity contribution >= 4 is 17.1 Å². The zero-order chi connectivity index (χ0) is 12.4. The molecule has 0 aliphatic heterocycles. The molecule has 0 saturated heterocycles. The molecular weight excluding hydrogens is 244 g/mol. The number of ketones is 1. The van der Waals surface area contributed by atoms with Crippen molar-refractivity contribution in [3.63, 3.8) is 0 Å². The van der Waals surface area contributed by atoms with E-state index >= 15 is 0 Å². The summed E-state index contributed by atoms with van der Waals surface area (Å²) in [5, 5.41) is 2.00. The van der Waals surface area contributed by atoms with Crippen molar-refractivity contribution < 1.29 is 9.53 Å². The summed E-state index contributed by atoms with van der Waals surface area (Å²) in [5.74, 6) is 0.966. The number of rotatable bonds is 5. The second-order valence-electron chi connectivity index (χ2n) is 4.52. The predicted molar refractivity (Wildman–Crippen MR) is 72.4 cm³/mol. The van der Waals surface area contributed by atoms with Gasteiger partial charge in [0.25, 0.3) is 0 Å². The number of hydrogen-bond donors (Lipinski definition) is 0. The van der Waals surface area contributed by atoms with Crippen molar-refractivity contribution in [2.75, 3.05) is 0 Å². The summed E-state index contributed by atoms with van der Waals surface area (Å²) >= 11 is 1.62. The van der Waals surface area contributed by atoms with Gasteiger partial charge in [-0.1, -0.05) is 18.2 Å². The van der Waals surface area contributed by atoms with Gasteiger partial charge in [0.05, 0.1) is 6.10 Å². The molecule has 1 heterocycles. The van der Waals surface area contributed by atoms with E-state index in [2.05, 4.69) is 0 Å². The van der Waals surface area contributed by atoms with E-state index in [0.717, 1.165) is 29.0 Å². The maximum atomic E-state index is 12.1. The molecule has 0 atom stereocenters. The van der Waals surface area contributed by atoms with Gasteiger partial charge in [-0.3, -0.25) is 4.79 Å². The van der Waals surface area contributed by atoms with E-state index in [1.165, 1.54) is 0 Å². The molecule has 0 amide bonds. The summed E-state index contributed by atoms with van der Waals surface area (Å²) in [6.45, 7) is 0. The van der Waals surface area contributed by atoms with Gasteiger partial charge in [-0.2, -0.15) is 0 Å². The van der Waals surface area contributed by atoms with E-state index in [9.17, 15) is 4.79 Å². The second-order valence-corrected chi connectivity index (χ2v) is 5.56. The van der Waals surface area contributed by atoms with Gasteiger partial charge in [-0.25, -0.2) is 0 Å². The molecule has 0 bridgehead atoms. The van der Waals surface area contributed by atoms with Crippen LogP contribution in [0.2, 0.25) is 0 Å². The molecule has 1 fully saturated rings. The fourth-order valence-corrected chi connectivity index (χ4v) is 2.50. The average Bonchev–Trinajstić information content (AvgIpc) is 3.04. The number of benzene rings is 1. The SMILES string of the molecule is O=C(Cc1cccs1)c1cccc(OC2CC2)c1. The van der Waals surface area contributed by atoms with Gasteiger partial charge in [0.1, 0.15) is 5.75 Å². The smallest absolute Gasteiger partial charge is 0.168 e. The van der Waals surface area contributed by atoms with Crippen molar-refractivity contribution in [1.29, 1.82) is 0 Å². The van der Waals surface area contributed by atoms with E-state index < -0.39 is 0 Å². The highest BCUT2D eigenvalue weighted by Gasteiger charge is 2.23. The standard InChI is InChI=1S/C15H14O2S/c16-15(10-14-5-2-8-18-14)11-3-1-4-13(9-11)17-12-6-7-12/h1-5,8-9,12H,6-7,10H2. The Labute approximate surface area is 110 Å². The van der Waals surface area contributed by atoms with Crippen LogP contribution in [-0.2, 0) is 6.42 Å². The van der Waals surface area contributed by atoms with Gasteiger partial charge in [0.15, 0.2) is 5.78 Å². The second kappa shape index (κ2) is 4.94. The van der Waals surface area contributed by atoms with Crippen LogP contribution in [0.1, 0.15) is 28.1 Å². The van der Waals surface area contributed by atoms with Crippen LogP contribution < -0.4 is 4.74 Å². The Hall–Kier alpha value is -1.61. The number of Topliss-reactive ketones (excluding diaryl/α,β-unsaturated/α-hetero) is 1. The van der Waals surface area contributed by atoms with Gasteiger partial charge in [0.2, 0.25) is 0 Å². The Bertz CT molecular complexity index is 541. The minimum Gasteiger partial charge on any atom is -0.490 e. The van der Waals surface area contributed by atoms with Crippen molar-refractivity contribution in [3.8, 4) is 5.75 Å². The van der Waals surface area contributed by atoms with Gasteiger partial charge >= 0.3 is 0 Å². The van der Waals surface area contributed by atoms with Gasteiger partial charge in [-0.05, 0) is 36.4 Å². The lowest BCUT2D eigenvalue weighted by Gasteiger charge is -2.06. The highest BCUT2D eigenvalue weighted by atomic mass is 32.1. The molecule has 1 saturated carbocycles. The number of ether oxygens (including phenoxy) is 1. The molecule has 3 rings (SSSR count). The fraction of sp³-hybridized carbons (Fsp3) is 0.267. The molecule has 2 aromatic rings. The first-order valence-electron chi connectivity index (χ1n) is 6.13. The Morgan fingerprint density at radius 1 is 1.28 bits per heavy atom. The zero-order valence-corrected chi connectivity index (χ0v) is 10.8. The molecular formula is C15H14O2S. The molecule has 1 aliphatic carbocycles. The normalized spacial score (nSPS) is 14.4. The molecule has 0 N–H and O–H groups in total. The Morgan fingerprint density at radius 2 is 2.17 bits per heavy atom. The number of carbonyl (C=O) groups is 1. The summed E-state index contributed by atoms with van der Waals surface area (Å²) in [6.07, 6.45) is 3.11. The first kappa shape index (κ1) is 11.5. The Morgan fingerprint density at radius 3 is 2.89 bits per heavy atom. The van der Waals surface area contributed by atoms with Crippen LogP contribution in [0.25, 0.3) is 0 Å². The molecule has 18 heavy (non-hydrogen) atoms. The van der Waals surface area contributed by atoms with Gasteiger partial charge < -0.3 is 4.74 Å². The summed E-state index contributed by atoms with van der Waals surface area (Å²) in [6, 6.07) is 11.5. The van der Waals surface area contributed by atoms with E-state index in [0.29, 0.717) is 12.5 Å². The highest BCUT2D eigenvalue weighted by Crippen LogP contribution is 2.27. The minimum atomic E-state index is 0.152. The summed E-state index contributed by atoms with van der Waals surface area (Å²) < 4.78 is 5.70. The average molecular weight is 258 g/mol. The quantitative estimate of drug-likeness (QED) is 0.764. The predicted octanol–water partition coefficient (Wildman–Crippen LogP) is 3.71. The van der Waals surface area contributed by atoms with Crippen molar-refractivity contribution in [2.24, 2.45) is 0 Å². The van der Waals surface area contributed by atoms with Crippen molar-refractivity contribution in [3.05, 3.63) is 52.2 Å². The Kier molecular flexibility index (Phi) is 3.15. The minimum absolute atomic E-state index is 0.152. The highest BCUT2D eigenvalue weighted by molar-refractivity contribution is 7.10. The summed E-state index contributed by atoms with van der Waals surface area (Å²) in [7, 11) is 0. The number of thiophene rings is 1. The first-order chi connectivity index (χ1) is 8.81. The fourth-order valence-electron chi connectivity index (χ4n) is 1.79. The lowest BCUT2D eigenvalue weighted by Crippen LogP contribution is -2.03. The van der Waals surface area contributed by atoms with Gasteiger partial charge in [-0.15, -0.1) is 11.3 Å². The van der Waals surface area contributed by atoms with Crippen LogP contribution in [0.3, 0.4) is 0 Å². The lowest BCUT2D eigenvalue weighted by molar-refractivity contribution is 0.0993. The molecule has 0 radical (unpaired) electrons. The molecule has 2 nitrogen and oxygen atoms in total. The first-order valence-corrected chi connectivity index (χ1v) is 7.01. The Balaban J connectivity index is 1.72. The largest absolute Gasteiger partial charge is 0.490 e. The molecule has 1 aromatic carbocycles. The third kappa shape index (κ3) is 2.79. The molecule has 0 unspecified atom stereocenters. The van der Waals surface area contributed by atoms with Crippen LogP contribution in [-0.4, -0.2) is 11.9 Å². The maximum Gasteiger partial charge on any atom is 0.168 e. The van der Waals surface area contributed by atoms with Crippen LogP contribution in [0, 0.1) is 0 Å². The van der Waals surface area contributed by atoms with Crippen LogP contribution >= 0.6 is 11.3 Å². The number of hydrogen-bond acceptors (Lipinski definition) is 3. The molecule has 1 aromatic heterocycles. The van der Waals surface area contributed by atoms with Crippen LogP contribution in [0.4, 0.5) is 0 Å². The topological polar surface area (TPSA) is 26.3 Å². The molecule has 3 heteroatoms. The number of carbonyl (C=O) groups excluding carboxylic acids is 1. The molecule has 1 aliphatic rings. The van der Waals surface area contributed by atoms with Crippen molar-refractivity contribution in [2.45, 2.75) is 25.4 Å². The third-order valence-electron chi connectivity index (χ3n) is 2.90. The monoisotopic (exact) mass is 258 g/mol. The van der Waals surface area contributed by atoms with E-state index in [4.69, 9.17) is 4.74 Å². The van der Waals surface area contributed by atoms with Crippen LogP contribution in [0.5, 0.6) is 5.75 Å². The zero-order valence-electron chi connectivity index (χ0n) is 9.96. The van der Waals surface area contributed by atoms with Crippen molar-refractivity contribution in [1.82, 2.24) is 0 Å². The van der Waals surface area contributed by atoms with E-state index in [-0.39, 0.29) is 5.78 Å². The maximum absolute atomic E-state index is 12.1.